The molecule has 5 aromatic rings. The molecule has 0 aliphatic rings. The molecule has 0 saturated heterocycles. The van der Waals surface area contributed by atoms with E-state index in [1.54, 1.807) is 59.3 Å². The monoisotopic (exact) mass is 443 g/mol. The number of amides is 1. The molecule has 9 nitrogen and oxygen atoms in total. The van der Waals surface area contributed by atoms with Gasteiger partial charge in [0.25, 0.3) is 5.91 Å². The molecule has 1 amide bonds. The van der Waals surface area contributed by atoms with Crippen LogP contribution in [0.2, 0.25) is 0 Å². The third-order valence-corrected chi connectivity index (χ3v) is 5.26. The van der Waals surface area contributed by atoms with Gasteiger partial charge < -0.3 is 10.1 Å². The fourth-order valence-electron chi connectivity index (χ4n) is 3.19. The van der Waals surface area contributed by atoms with E-state index in [0.717, 1.165) is 28.6 Å². The third kappa shape index (κ3) is 4.03. The van der Waals surface area contributed by atoms with Crippen LogP contribution >= 0.6 is 11.7 Å². The predicted octanol–water partition coefficient (Wildman–Crippen LogP) is 4.33. The molecule has 0 fully saturated rings. The lowest BCUT2D eigenvalue weighted by molar-refractivity contribution is 0.102. The van der Waals surface area contributed by atoms with Crippen molar-refractivity contribution in [1.29, 1.82) is 0 Å². The number of nitrogens with zero attached hydrogens (tertiary/aromatic N) is 6. The van der Waals surface area contributed by atoms with E-state index >= 15 is 0 Å². The highest BCUT2D eigenvalue weighted by Crippen LogP contribution is 2.22. The van der Waals surface area contributed by atoms with Gasteiger partial charge in [0.2, 0.25) is 5.88 Å². The van der Waals surface area contributed by atoms with Crippen molar-refractivity contribution in [3.05, 3.63) is 77.6 Å². The van der Waals surface area contributed by atoms with E-state index in [2.05, 4.69) is 29.4 Å². The molecule has 0 spiro atoms. The number of aromatic nitrogens is 6. The van der Waals surface area contributed by atoms with Gasteiger partial charge in [-0.2, -0.15) is 13.8 Å². The zero-order valence-corrected chi connectivity index (χ0v) is 18.0. The van der Waals surface area contributed by atoms with E-state index in [4.69, 9.17) is 4.74 Å². The molecule has 0 aliphatic carbocycles. The van der Waals surface area contributed by atoms with Crippen LogP contribution in [0.3, 0.4) is 0 Å². The van der Waals surface area contributed by atoms with Crippen LogP contribution in [0.5, 0.6) is 11.6 Å². The SMILES string of the molecule is Cc1cc(C)n(-c2ccc(Oc3ccc(NC(=O)c4ccc5nsnc5c4)cc3)nn2)n1. The van der Waals surface area contributed by atoms with E-state index in [9.17, 15) is 4.79 Å². The lowest BCUT2D eigenvalue weighted by Gasteiger charge is -2.08. The zero-order chi connectivity index (χ0) is 22.1. The van der Waals surface area contributed by atoms with E-state index in [-0.39, 0.29) is 5.91 Å². The van der Waals surface area contributed by atoms with E-state index < -0.39 is 0 Å². The first-order chi connectivity index (χ1) is 15.5. The van der Waals surface area contributed by atoms with Gasteiger partial charge in [-0.3, -0.25) is 4.79 Å². The maximum Gasteiger partial charge on any atom is 0.255 e. The van der Waals surface area contributed by atoms with Crippen molar-refractivity contribution in [3.8, 4) is 17.4 Å². The highest BCUT2D eigenvalue weighted by Gasteiger charge is 2.10. The number of hydrogen-bond acceptors (Lipinski definition) is 8. The van der Waals surface area contributed by atoms with Crippen LogP contribution in [0.1, 0.15) is 21.7 Å². The molecule has 0 aliphatic heterocycles. The lowest BCUT2D eigenvalue weighted by Crippen LogP contribution is -2.11. The van der Waals surface area contributed by atoms with Crippen molar-refractivity contribution >= 4 is 34.4 Å². The highest BCUT2D eigenvalue weighted by atomic mass is 32.1. The molecule has 0 radical (unpaired) electrons. The molecule has 1 N–H and O–H groups in total. The van der Waals surface area contributed by atoms with Crippen molar-refractivity contribution in [2.45, 2.75) is 13.8 Å². The van der Waals surface area contributed by atoms with Gasteiger partial charge in [0, 0.05) is 23.0 Å². The minimum absolute atomic E-state index is 0.223. The van der Waals surface area contributed by atoms with Crippen LogP contribution in [0.4, 0.5) is 5.69 Å². The molecule has 158 valence electrons. The molecular weight excluding hydrogens is 426 g/mol. The number of ether oxygens (including phenoxy) is 1. The summed E-state index contributed by atoms with van der Waals surface area (Å²) in [6.45, 7) is 3.89. The van der Waals surface area contributed by atoms with Crippen LogP contribution < -0.4 is 10.1 Å². The lowest BCUT2D eigenvalue weighted by atomic mass is 10.2. The average molecular weight is 443 g/mol. The van der Waals surface area contributed by atoms with Crippen LogP contribution in [-0.2, 0) is 0 Å². The first-order valence-corrected chi connectivity index (χ1v) is 10.5. The summed E-state index contributed by atoms with van der Waals surface area (Å²) in [6.07, 6.45) is 0. The Morgan fingerprint density at radius 2 is 1.75 bits per heavy atom. The molecule has 32 heavy (non-hydrogen) atoms. The standard InChI is InChI=1S/C22H17N7O2S/c1-13-11-14(2)29(26-13)20-9-10-21(25-24-20)31-17-6-4-16(5-7-17)23-22(30)15-3-8-18-19(12-15)28-32-27-18/h3-12H,1-2H3,(H,23,30). The summed E-state index contributed by atoms with van der Waals surface area (Å²) >= 11 is 1.12. The zero-order valence-electron chi connectivity index (χ0n) is 17.2. The number of hydrogen-bond donors (Lipinski definition) is 1. The summed E-state index contributed by atoms with van der Waals surface area (Å²) in [5, 5.41) is 15.6. The fourth-order valence-corrected chi connectivity index (χ4v) is 3.71. The van der Waals surface area contributed by atoms with Crippen molar-refractivity contribution in [3.63, 3.8) is 0 Å². The summed E-state index contributed by atoms with van der Waals surface area (Å²) in [5.74, 6) is 1.33. The molecular formula is C22H17N7O2S. The van der Waals surface area contributed by atoms with Crippen LogP contribution in [-0.4, -0.2) is 34.6 Å². The molecule has 2 aromatic carbocycles. The summed E-state index contributed by atoms with van der Waals surface area (Å²) in [7, 11) is 0. The van der Waals surface area contributed by atoms with Crippen LogP contribution in [0, 0.1) is 13.8 Å². The number of rotatable bonds is 5. The second-order valence-electron chi connectivity index (χ2n) is 7.12. The second-order valence-corrected chi connectivity index (χ2v) is 7.65. The average Bonchev–Trinajstić information content (AvgIpc) is 3.40. The van der Waals surface area contributed by atoms with E-state index in [1.165, 1.54) is 0 Å². The Morgan fingerprint density at radius 3 is 2.47 bits per heavy atom. The summed E-state index contributed by atoms with van der Waals surface area (Å²) < 4.78 is 15.8. The number of aryl methyl sites for hydroxylation is 2. The summed E-state index contributed by atoms with van der Waals surface area (Å²) in [4.78, 5) is 12.5. The smallest absolute Gasteiger partial charge is 0.255 e. The van der Waals surface area contributed by atoms with Crippen molar-refractivity contribution in [1.82, 2.24) is 28.7 Å². The number of anilines is 1. The summed E-state index contributed by atoms with van der Waals surface area (Å²) in [5.41, 5.74) is 4.53. The number of carbonyl (C=O) groups excluding carboxylic acids is 1. The Kier molecular flexibility index (Phi) is 5.04. The minimum atomic E-state index is -0.223. The van der Waals surface area contributed by atoms with Crippen molar-refractivity contribution in [2.75, 3.05) is 5.32 Å². The molecule has 3 aromatic heterocycles. The van der Waals surface area contributed by atoms with Gasteiger partial charge in [-0.25, -0.2) is 4.68 Å². The molecule has 0 bridgehead atoms. The van der Waals surface area contributed by atoms with Gasteiger partial charge in [0.1, 0.15) is 16.8 Å². The Hall–Kier alpha value is -4.18. The van der Waals surface area contributed by atoms with Gasteiger partial charge >= 0.3 is 0 Å². The molecule has 0 atom stereocenters. The van der Waals surface area contributed by atoms with Gasteiger partial charge in [-0.15, -0.1) is 10.2 Å². The maximum absolute atomic E-state index is 12.5. The normalized spacial score (nSPS) is 10.9. The van der Waals surface area contributed by atoms with Gasteiger partial charge in [-0.1, -0.05) is 0 Å². The van der Waals surface area contributed by atoms with Gasteiger partial charge in [-0.05, 0) is 68.4 Å². The first kappa shape index (κ1) is 19.8. The Morgan fingerprint density at radius 1 is 0.938 bits per heavy atom. The summed E-state index contributed by atoms with van der Waals surface area (Å²) in [6, 6.07) is 17.8. The van der Waals surface area contributed by atoms with Crippen LogP contribution in [0.15, 0.2) is 60.7 Å². The Bertz CT molecular complexity index is 1410. The maximum atomic E-state index is 12.5. The predicted molar refractivity (Wildman–Crippen MR) is 121 cm³/mol. The minimum Gasteiger partial charge on any atom is -0.438 e. The quantitative estimate of drug-likeness (QED) is 0.431. The molecule has 0 unspecified atom stereocenters. The number of fused-ring (bicyclic) bond motifs is 1. The first-order valence-electron chi connectivity index (χ1n) is 9.74. The molecule has 5 rings (SSSR count). The van der Waals surface area contributed by atoms with E-state index in [1.807, 2.05) is 19.9 Å². The van der Waals surface area contributed by atoms with Crippen LogP contribution in [0.25, 0.3) is 16.9 Å². The van der Waals surface area contributed by atoms with Gasteiger partial charge in [0.15, 0.2) is 5.82 Å². The van der Waals surface area contributed by atoms with Gasteiger partial charge in [0.05, 0.1) is 17.4 Å². The highest BCUT2D eigenvalue weighted by molar-refractivity contribution is 7.00. The number of benzene rings is 2. The Balaban J connectivity index is 1.24. The molecule has 0 saturated carbocycles. The molecule has 3 heterocycles. The second kappa shape index (κ2) is 8.16. The third-order valence-electron chi connectivity index (χ3n) is 4.70. The van der Waals surface area contributed by atoms with Crippen molar-refractivity contribution < 1.29 is 9.53 Å². The van der Waals surface area contributed by atoms with Crippen molar-refractivity contribution in [2.24, 2.45) is 0 Å². The largest absolute Gasteiger partial charge is 0.438 e. The Labute approximate surface area is 187 Å². The topological polar surface area (TPSA) is 108 Å². The molecule has 10 heteroatoms. The fraction of sp³-hybridized carbons (Fsp3) is 0.0909. The van der Waals surface area contributed by atoms with E-state index in [0.29, 0.717) is 34.2 Å². The number of nitrogens with one attached hydrogen (secondary N) is 1. The number of carbonyl (C=O) groups is 1.